The van der Waals surface area contributed by atoms with Crippen LogP contribution in [0.3, 0.4) is 0 Å². The SMILES string of the molecule is COc1cccc(NC(=O)Nc2ccc3c(c2)CCCN3C(=O)c2cccs2)c1. The van der Waals surface area contributed by atoms with Gasteiger partial charge in [0.1, 0.15) is 5.75 Å². The summed E-state index contributed by atoms with van der Waals surface area (Å²) in [6.45, 7) is 0.701. The van der Waals surface area contributed by atoms with Crippen molar-refractivity contribution in [3.63, 3.8) is 0 Å². The van der Waals surface area contributed by atoms with Crippen LogP contribution in [0, 0.1) is 0 Å². The number of rotatable bonds is 4. The van der Waals surface area contributed by atoms with Gasteiger partial charge in [0.25, 0.3) is 5.91 Å². The minimum Gasteiger partial charge on any atom is -0.497 e. The highest BCUT2D eigenvalue weighted by molar-refractivity contribution is 7.12. The number of ether oxygens (including phenoxy) is 1. The van der Waals surface area contributed by atoms with Gasteiger partial charge in [0.15, 0.2) is 0 Å². The van der Waals surface area contributed by atoms with Crippen LogP contribution in [0.15, 0.2) is 60.0 Å². The first kappa shape index (κ1) is 19.0. The predicted octanol–water partition coefficient (Wildman–Crippen LogP) is 4.99. The van der Waals surface area contributed by atoms with Gasteiger partial charge < -0.3 is 20.3 Å². The molecule has 0 unspecified atom stereocenters. The number of benzene rings is 2. The summed E-state index contributed by atoms with van der Waals surface area (Å²) in [7, 11) is 1.58. The van der Waals surface area contributed by atoms with Gasteiger partial charge in [-0.15, -0.1) is 11.3 Å². The van der Waals surface area contributed by atoms with Gasteiger partial charge in [-0.25, -0.2) is 4.79 Å². The van der Waals surface area contributed by atoms with E-state index in [0.717, 1.165) is 29.0 Å². The smallest absolute Gasteiger partial charge is 0.323 e. The van der Waals surface area contributed by atoms with Crippen LogP contribution >= 0.6 is 11.3 Å². The first-order chi connectivity index (χ1) is 14.1. The number of aryl methyl sites for hydroxylation is 1. The number of nitrogens with one attached hydrogen (secondary N) is 2. The van der Waals surface area contributed by atoms with E-state index < -0.39 is 0 Å². The predicted molar refractivity (Wildman–Crippen MR) is 116 cm³/mol. The monoisotopic (exact) mass is 407 g/mol. The van der Waals surface area contributed by atoms with Crippen molar-refractivity contribution in [2.45, 2.75) is 12.8 Å². The lowest BCUT2D eigenvalue weighted by Crippen LogP contribution is -2.35. The molecule has 0 aliphatic carbocycles. The second-order valence-electron chi connectivity index (χ2n) is 6.69. The Labute approximate surface area is 173 Å². The Kier molecular flexibility index (Phi) is 5.48. The molecule has 0 spiro atoms. The third-order valence-corrected chi connectivity index (χ3v) is 5.62. The van der Waals surface area contributed by atoms with Gasteiger partial charge in [-0.3, -0.25) is 4.79 Å². The molecule has 7 heteroatoms. The van der Waals surface area contributed by atoms with Crippen LogP contribution < -0.4 is 20.3 Å². The van der Waals surface area contributed by atoms with E-state index in [1.165, 1.54) is 11.3 Å². The van der Waals surface area contributed by atoms with Crippen molar-refractivity contribution in [2.75, 3.05) is 29.2 Å². The second-order valence-corrected chi connectivity index (χ2v) is 7.64. The third-order valence-electron chi connectivity index (χ3n) is 4.76. The minimum atomic E-state index is -0.333. The van der Waals surface area contributed by atoms with Crippen molar-refractivity contribution in [3.05, 3.63) is 70.4 Å². The van der Waals surface area contributed by atoms with Crippen LogP contribution in [0.2, 0.25) is 0 Å². The molecule has 1 aliphatic rings. The Morgan fingerprint density at radius 1 is 1.03 bits per heavy atom. The molecule has 0 atom stereocenters. The van der Waals surface area contributed by atoms with E-state index >= 15 is 0 Å². The lowest BCUT2D eigenvalue weighted by molar-refractivity contribution is 0.0989. The average Bonchev–Trinajstić information content (AvgIpc) is 3.27. The number of fused-ring (bicyclic) bond motifs is 1. The molecule has 148 valence electrons. The second kappa shape index (κ2) is 8.36. The third kappa shape index (κ3) is 4.25. The molecular formula is C22H21N3O3S. The molecular weight excluding hydrogens is 386 g/mol. The van der Waals surface area contributed by atoms with Crippen molar-refractivity contribution in [1.82, 2.24) is 0 Å². The van der Waals surface area contributed by atoms with E-state index in [9.17, 15) is 9.59 Å². The normalized spacial score (nSPS) is 12.8. The molecule has 2 aromatic carbocycles. The molecule has 2 heterocycles. The molecule has 2 N–H and O–H groups in total. The van der Waals surface area contributed by atoms with Gasteiger partial charge in [0.05, 0.1) is 12.0 Å². The van der Waals surface area contributed by atoms with E-state index in [4.69, 9.17) is 4.74 Å². The largest absolute Gasteiger partial charge is 0.497 e. The Balaban J connectivity index is 1.47. The highest BCUT2D eigenvalue weighted by Gasteiger charge is 2.24. The highest BCUT2D eigenvalue weighted by Crippen LogP contribution is 2.31. The van der Waals surface area contributed by atoms with E-state index in [2.05, 4.69) is 10.6 Å². The lowest BCUT2D eigenvalue weighted by Gasteiger charge is -2.29. The number of carbonyl (C=O) groups is 2. The molecule has 0 radical (unpaired) electrons. The number of methoxy groups -OCH3 is 1. The van der Waals surface area contributed by atoms with Crippen LogP contribution in [-0.4, -0.2) is 25.6 Å². The molecule has 3 aromatic rings. The zero-order valence-electron chi connectivity index (χ0n) is 16.0. The number of amides is 3. The van der Waals surface area contributed by atoms with Gasteiger partial charge in [-0.2, -0.15) is 0 Å². The van der Waals surface area contributed by atoms with Crippen molar-refractivity contribution in [2.24, 2.45) is 0 Å². The number of nitrogens with zero attached hydrogens (tertiary/aromatic N) is 1. The standard InChI is InChI=1S/C22H21N3O3S/c1-28-18-7-2-6-16(14-18)23-22(27)24-17-9-10-19-15(13-17)5-3-11-25(19)21(26)20-8-4-12-29-20/h2,4,6-10,12-14H,3,5,11H2,1H3,(H2,23,24,27). The maximum absolute atomic E-state index is 12.8. The van der Waals surface area contributed by atoms with Crippen molar-refractivity contribution >= 4 is 40.3 Å². The van der Waals surface area contributed by atoms with Crippen molar-refractivity contribution in [3.8, 4) is 5.75 Å². The van der Waals surface area contributed by atoms with E-state index in [-0.39, 0.29) is 11.9 Å². The van der Waals surface area contributed by atoms with Gasteiger partial charge in [-0.05, 0) is 60.2 Å². The molecule has 29 heavy (non-hydrogen) atoms. The molecule has 0 bridgehead atoms. The van der Waals surface area contributed by atoms with Gasteiger partial charge in [-0.1, -0.05) is 12.1 Å². The summed E-state index contributed by atoms with van der Waals surface area (Å²) in [6, 6.07) is 16.2. The summed E-state index contributed by atoms with van der Waals surface area (Å²) in [5.41, 5.74) is 3.30. The van der Waals surface area contributed by atoms with E-state index in [0.29, 0.717) is 23.7 Å². The molecule has 1 aromatic heterocycles. The number of anilines is 3. The van der Waals surface area contributed by atoms with Crippen LogP contribution in [0.1, 0.15) is 21.7 Å². The zero-order valence-corrected chi connectivity index (χ0v) is 16.8. The number of urea groups is 1. The Morgan fingerprint density at radius 2 is 1.86 bits per heavy atom. The molecule has 0 saturated carbocycles. The maximum atomic E-state index is 12.8. The van der Waals surface area contributed by atoms with Crippen LogP contribution in [0.5, 0.6) is 5.75 Å². The van der Waals surface area contributed by atoms with E-state index in [1.807, 2.05) is 52.7 Å². The van der Waals surface area contributed by atoms with E-state index in [1.54, 1.807) is 19.2 Å². The number of hydrogen-bond donors (Lipinski definition) is 2. The maximum Gasteiger partial charge on any atom is 0.323 e. The fourth-order valence-corrected chi connectivity index (χ4v) is 4.09. The number of hydrogen-bond acceptors (Lipinski definition) is 4. The minimum absolute atomic E-state index is 0.0254. The summed E-state index contributed by atoms with van der Waals surface area (Å²) in [4.78, 5) is 27.7. The quantitative estimate of drug-likeness (QED) is 0.640. The Morgan fingerprint density at radius 3 is 2.62 bits per heavy atom. The van der Waals surface area contributed by atoms with Gasteiger partial charge >= 0.3 is 6.03 Å². The molecule has 1 aliphatic heterocycles. The van der Waals surface area contributed by atoms with Gasteiger partial charge in [0.2, 0.25) is 0 Å². The number of carbonyl (C=O) groups excluding carboxylic acids is 2. The lowest BCUT2D eigenvalue weighted by atomic mass is 10.0. The fraction of sp³-hybridized carbons (Fsp3) is 0.182. The molecule has 0 fully saturated rings. The molecule has 0 saturated heterocycles. The average molecular weight is 407 g/mol. The summed E-state index contributed by atoms with van der Waals surface area (Å²) in [5.74, 6) is 0.699. The summed E-state index contributed by atoms with van der Waals surface area (Å²) < 4.78 is 5.17. The van der Waals surface area contributed by atoms with Crippen LogP contribution in [0.25, 0.3) is 0 Å². The highest BCUT2D eigenvalue weighted by atomic mass is 32.1. The first-order valence-electron chi connectivity index (χ1n) is 9.34. The first-order valence-corrected chi connectivity index (χ1v) is 10.2. The zero-order chi connectivity index (χ0) is 20.2. The summed E-state index contributed by atoms with van der Waals surface area (Å²) in [5, 5.41) is 7.56. The number of thiophene rings is 1. The topological polar surface area (TPSA) is 70.7 Å². The van der Waals surface area contributed by atoms with Crippen LogP contribution in [0.4, 0.5) is 21.9 Å². The molecule has 6 nitrogen and oxygen atoms in total. The van der Waals surface area contributed by atoms with Crippen molar-refractivity contribution < 1.29 is 14.3 Å². The Bertz CT molecular complexity index is 1030. The fourth-order valence-electron chi connectivity index (χ4n) is 3.41. The Hall–Kier alpha value is -3.32. The van der Waals surface area contributed by atoms with Gasteiger partial charge in [0, 0.05) is 29.7 Å². The molecule has 3 amide bonds. The van der Waals surface area contributed by atoms with Crippen LogP contribution in [-0.2, 0) is 6.42 Å². The summed E-state index contributed by atoms with van der Waals surface area (Å²) >= 11 is 1.45. The van der Waals surface area contributed by atoms with Crippen molar-refractivity contribution in [1.29, 1.82) is 0 Å². The molecule has 4 rings (SSSR count). The summed E-state index contributed by atoms with van der Waals surface area (Å²) in [6.07, 6.45) is 1.76.